The lowest BCUT2D eigenvalue weighted by Crippen LogP contribution is -2.04. The highest BCUT2D eigenvalue weighted by Gasteiger charge is 2.21. The Morgan fingerprint density at radius 2 is 1.94 bits per heavy atom. The van der Waals surface area contributed by atoms with Crippen LogP contribution >= 0.6 is 23.4 Å². The molecule has 0 fully saturated rings. The lowest BCUT2D eigenvalue weighted by molar-refractivity contribution is 0.628. The van der Waals surface area contributed by atoms with E-state index in [0.29, 0.717) is 10.7 Å². The molecule has 92 valence electrons. The number of anilines is 2. The van der Waals surface area contributed by atoms with Crippen LogP contribution in [-0.2, 0) is 0 Å². The molecule has 0 aliphatic carbocycles. The zero-order valence-corrected chi connectivity index (χ0v) is 11.5. The number of benzene rings is 2. The molecular formula is C14H11ClFNS. The second-order valence-corrected chi connectivity index (χ2v) is 5.93. The predicted molar refractivity (Wildman–Crippen MR) is 74.7 cm³/mol. The predicted octanol–water partition coefficient (Wildman–Crippen LogP) is 5.30. The molecule has 1 N–H and O–H groups in total. The number of halogens is 2. The van der Waals surface area contributed by atoms with E-state index < -0.39 is 0 Å². The summed E-state index contributed by atoms with van der Waals surface area (Å²) in [6.07, 6.45) is 0. The Morgan fingerprint density at radius 3 is 2.72 bits per heavy atom. The molecule has 1 aliphatic rings. The minimum absolute atomic E-state index is 0.310. The number of hydrogen-bond donors (Lipinski definition) is 1. The summed E-state index contributed by atoms with van der Waals surface area (Å²) in [7, 11) is 0. The minimum Gasteiger partial charge on any atom is -0.351 e. The number of fused-ring (bicyclic) bond motifs is 2. The summed E-state index contributed by atoms with van der Waals surface area (Å²) in [6, 6.07) is 7.28. The molecule has 1 heterocycles. The van der Waals surface area contributed by atoms with Gasteiger partial charge in [-0.2, -0.15) is 0 Å². The van der Waals surface area contributed by atoms with Crippen molar-refractivity contribution in [3.63, 3.8) is 0 Å². The van der Waals surface area contributed by atoms with Gasteiger partial charge in [-0.25, -0.2) is 4.39 Å². The fraction of sp³-hybridized carbons (Fsp3) is 0.143. The highest BCUT2D eigenvalue weighted by atomic mass is 35.5. The molecule has 0 saturated heterocycles. The van der Waals surface area contributed by atoms with Gasteiger partial charge in [0, 0.05) is 14.8 Å². The van der Waals surface area contributed by atoms with Gasteiger partial charge in [0.25, 0.3) is 0 Å². The average Bonchev–Trinajstić information content (AvgIpc) is 2.27. The van der Waals surface area contributed by atoms with Crippen molar-refractivity contribution >= 4 is 34.7 Å². The van der Waals surface area contributed by atoms with Crippen molar-refractivity contribution in [2.24, 2.45) is 0 Å². The van der Waals surface area contributed by atoms with E-state index in [1.807, 2.05) is 13.0 Å². The summed E-state index contributed by atoms with van der Waals surface area (Å²) in [5.41, 5.74) is 3.83. The van der Waals surface area contributed by atoms with Crippen LogP contribution in [0, 0.1) is 19.7 Å². The van der Waals surface area contributed by atoms with E-state index in [1.54, 1.807) is 17.8 Å². The molecular weight excluding hydrogens is 269 g/mol. The summed E-state index contributed by atoms with van der Waals surface area (Å²) in [5.74, 6) is -0.310. The lowest BCUT2D eigenvalue weighted by atomic mass is 10.1. The molecule has 2 aromatic rings. The van der Waals surface area contributed by atoms with Crippen molar-refractivity contribution in [3.8, 4) is 0 Å². The van der Waals surface area contributed by atoms with Crippen molar-refractivity contribution in [1.29, 1.82) is 0 Å². The third-order valence-electron chi connectivity index (χ3n) is 2.91. The van der Waals surface area contributed by atoms with Crippen LogP contribution in [0.15, 0.2) is 34.1 Å². The Hall–Kier alpha value is -1.19. The van der Waals surface area contributed by atoms with E-state index in [-0.39, 0.29) is 5.82 Å². The maximum atomic E-state index is 13.9. The van der Waals surface area contributed by atoms with Gasteiger partial charge in [0.15, 0.2) is 0 Å². The molecule has 0 aromatic heterocycles. The molecule has 0 saturated carbocycles. The van der Waals surface area contributed by atoms with Gasteiger partial charge in [0.2, 0.25) is 0 Å². The monoisotopic (exact) mass is 279 g/mol. The van der Waals surface area contributed by atoms with Gasteiger partial charge < -0.3 is 5.32 Å². The SMILES string of the molecule is Cc1cc(C)c2c(c1)Nc1c(F)cc(Cl)cc1S2. The van der Waals surface area contributed by atoms with Crippen molar-refractivity contribution in [3.05, 3.63) is 46.2 Å². The third kappa shape index (κ3) is 1.88. The van der Waals surface area contributed by atoms with Gasteiger partial charge in [-0.15, -0.1) is 0 Å². The van der Waals surface area contributed by atoms with Crippen molar-refractivity contribution in [2.75, 3.05) is 5.32 Å². The zero-order valence-electron chi connectivity index (χ0n) is 9.97. The smallest absolute Gasteiger partial charge is 0.149 e. The van der Waals surface area contributed by atoms with Gasteiger partial charge in [0.05, 0.1) is 11.4 Å². The Kier molecular flexibility index (Phi) is 2.76. The fourth-order valence-corrected chi connectivity index (χ4v) is 3.54. The van der Waals surface area contributed by atoms with Crippen LogP contribution in [0.5, 0.6) is 0 Å². The molecule has 0 bridgehead atoms. The summed E-state index contributed by atoms with van der Waals surface area (Å²) < 4.78 is 13.9. The normalized spacial score (nSPS) is 12.7. The molecule has 1 nitrogen and oxygen atoms in total. The van der Waals surface area contributed by atoms with Crippen molar-refractivity contribution in [1.82, 2.24) is 0 Å². The number of aryl methyl sites for hydroxylation is 2. The quantitative estimate of drug-likeness (QED) is 0.599. The first-order valence-electron chi connectivity index (χ1n) is 5.60. The Balaban J connectivity index is 2.18. The first kappa shape index (κ1) is 11.9. The van der Waals surface area contributed by atoms with Crippen LogP contribution in [0.2, 0.25) is 5.02 Å². The second-order valence-electron chi connectivity index (χ2n) is 4.45. The molecule has 18 heavy (non-hydrogen) atoms. The van der Waals surface area contributed by atoms with Crippen LogP contribution in [0.1, 0.15) is 11.1 Å². The summed E-state index contributed by atoms with van der Waals surface area (Å²) in [6.45, 7) is 4.10. The van der Waals surface area contributed by atoms with Crippen molar-refractivity contribution < 1.29 is 4.39 Å². The number of nitrogens with one attached hydrogen (secondary N) is 1. The van der Waals surface area contributed by atoms with E-state index in [2.05, 4.69) is 18.3 Å². The van der Waals surface area contributed by atoms with Gasteiger partial charge in [0.1, 0.15) is 5.82 Å². The molecule has 0 radical (unpaired) electrons. The minimum atomic E-state index is -0.310. The molecule has 0 atom stereocenters. The van der Waals surface area contributed by atoms with E-state index >= 15 is 0 Å². The molecule has 0 spiro atoms. The maximum Gasteiger partial charge on any atom is 0.149 e. The molecule has 3 rings (SSSR count). The molecule has 0 amide bonds. The topological polar surface area (TPSA) is 12.0 Å². The largest absolute Gasteiger partial charge is 0.351 e. The fourth-order valence-electron chi connectivity index (χ4n) is 2.18. The van der Waals surface area contributed by atoms with E-state index in [9.17, 15) is 4.39 Å². The van der Waals surface area contributed by atoms with Crippen LogP contribution in [-0.4, -0.2) is 0 Å². The first-order chi connectivity index (χ1) is 8.54. The Bertz CT molecular complexity index is 597. The van der Waals surface area contributed by atoms with E-state index in [0.717, 1.165) is 21.0 Å². The van der Waals surface area contributed by atoms with Crippen LogP contribution in [0.3, 0.4) is 0 Å². The Labute approximate surface area is 114 Å². The van der Waals surface area contributed by atoms with Gasteiger partial charge in [-0.1, -0.05) is 29.4 Å². The van der Waals surface area contributed by atoms with Gasteiger partial charge in [-0.3, -0.25) is 0 Å². The molecule has 1 aliphatic heterocycles. The molecule has 2 aromatic carbocycles. The lowest BCUT2D eigenvalue weighted by Gasteiger charge is -2.23. The maximum absolute atomic E-state index is 13.9. The van der Waals surface area contributed by atoms with Crippen molar-refractivity contribution in [2.45, 2.75) is 23.6 Å². The Morgan fingerprint density at radius 1 is 1.17 bits per heavy atom. The van der Waals surface area contributed by atoms with Crippen LogP contribution in [0.4, 0.5) is 15.8 Å². The first-order valence-corrected chi connectivity index (χ1v) is 6.79. The highest BCUT2D eigenvalue weighted by Crippen LogP contribution is 2.47. The van der Waals surface area contributed by atoms with Gasteiger partial charge >= 0.3 is 0 Å². The summed E-state index contributed by atoms with van der Waals surface area (Å²) in [5, 5.41) is 3.59. The number of hydrogen-bond acceptors (Lipinski definition) is 2. The van der Waals surface area contributed by atoms with E-state index in [4.69, 9.17) is 11.6 Å². The number of rotatable bonds is 0. The summed E-state index contributed by atoms with van der Waals surface area (Å²) >= 11 is 7.45. The zero-order chi connectivity index (χ0) is 12.9. The van der Waals surface area contributed by atoms with Crippen LogP contribution < -0.4 is 5.32 Å². The third-order valence-corrected chi connectivity index (χ3v) is 4.42. The van der Waals surface area contributed by atoms with Gasteiger partial charge in [-0.05, 0) is 43.2 Å². The van der Waals surface area contributed by atoms with E-state index in [1.165, 1.54) is 11.6 Å². The molecule has 4 heteroatoms. The standard InChI is InChI=1S/C14H11ClFNS/c1-7-3-8(2)14-11(4-7)17-13-10(16)5-9(15)6-12(13)18-14/h3-6,17H,1-2H3. The highest BCUT2D eigenvalue weighted by molar-refractivity contribution is 7.99. The molecule has 0 unspecified atom stereocenters. The van der Waals surface area contributed by atoms with Crippen LogP contribution in [0.25, 0.3) is 0 Å². The second kappa shape index (κ2) is 4.18. The average molecular weight is 280 g/mol. The summed E-state index contributed by atoms with van der Waals surface area (Å²) in [4.78, 5) is 1.97.